The summed E-state index contributed by atoms with van der Waals surface area (Å²) in [6.45, 7) is 4.37. The average molecular weight is 110 g/mol. The van der Waals surface area contributed by atoms with Gasteiger partial charge in [-0.25, -0.2) is 0 Å². The molecule has 0 aromatic rings. The maximum absolute atomic E-state index is 2.21. The van der Waals surface area contributed by atoms with Gasteiger partial charge in [0.15, 0.2) is 0 Å². The Kier molecular flexibility index (Phi) is 1.52. The minimum atomic E-state index is 0. The molecule has 0 N–H and O–H groups in total. The van der Waals surface area contributed by atoms with Crippen molar-refractivity contribution in [3.8, 4) is 0 Å². The summed E-state index contributed by atoms with van der Waals surface area (Å²) in [5.74, 6) is 0. The molecule has 0 heteroatoms. The first kappa shape index (κ1) is 5.61. The van der Waals surface area contributed by atoms with Crippen LogP contribution in [0.25, 0.3) is 0 Å². The van der Waals surface area contributed by atoms with Gasteiger partial charge in [0.2, 0.25) is 0 Å². The molecule has 0 saturated heterocycles. The number of hydrogen-bond donors (Lipinski definition) is 0. The van der Waals surface area contributed by atoms with Crippen LogP contribution in [0.5, 0.6) is 0 Å². The van der Waals surface area contributed by atoms with Crippen LogP contribution in [0.15, 0.2) is 23.3 Å². The Balaban J connectivity index is 0.000000640. The quantitative estimate of drug-likeness (QED) is 0.449. The fourth-order valence-corrected chi connectivity index (χ4v) is 0.846. The SMILES string of the molecule is CC1=CC=C(C)CC1.[HH]. The molecule has 0 radical (unpaired) electrons. The predicted octanol–water partition coefficient (Wildman–Crippen LogP) is 2.92. The van der Waals surface area contributed by atoms with Crippen molar-refractivity contribution in [3.05, 3.63) is 23.3 Å². The molecule has 0 amide bonds. The van der Waals surface area contributed by atoms with E-state index in [0.717, 1.165) is 0 Å². The number of rotatable bonds is 0. The highest BCUT2D eigenvalue weighted by atomic mass is 14.0. The molecule has 0 spiro atoms. The fraction of sp³-hybridized carbons (Fsp3) is 0.500. The number of hydrogen-bond acceptors (Lipinski definition) is 0. The molecule has 1 aliphatic carbocycles. The Morgan fingerprint density at radius 1 is 1.12 bits per heavy atom. The van der Waals surface area contributed by atoms with E-state index >= 15 is 0 Å². The van der Waals surface area contributed by atoms with Crippen LogP contribution in [0.4, 0.5) is 0 Å². The maximum Gasteiger partial charge on any atom is 0 e. The van der Waals surface area contributed by atoms with Gasteiger partial charge in [0.1, 0.15) is 0 Å². The molecule has 0 nitrogen and oxygen atoms in total. The van der Waals surface area contributed by atoms with E-state index in [1.54, 1.807) is 0 Å². The predicted molar refractivity (Wildman–Crippen MR) is 38.9 cm³/mol. The topological polar surface area (TPSA) is 0 Å². The highest BCUT2D eigenvalue weighted by molar-refractivity contribution is 5.20. The molecule has 0 heterocycles. The Hall–Kier alpha value is -0.520. The third-order valence-electron chi connectivity index (χ3n) is 1.57. The normalized spacial score (nSPS) is 19.8. The largest absolute Gasteiger partial charge is 0.0730 e. The summed E-state index contributed by atoms with van der Waals surface area (Å²) < 4.78 is 0. The van der Waals surface area contributed by atoms with Crippen molar-refractivity contribution >= 4 is 0 Å². The van der Waals surface area contributed by atoms with Gasteiger partial charge in [-0.15, -0.1) is 0 Å². The Bertz CT molecular complexity index is 125. The summed E-state index contributed by atoms with van der Waals surface area (Å²) >= 11 is 0. The summed E-state index contributed by atoms with van der Waals surface area (Å²) in [4.78, 5) is 0. The van der Waals surface area contributed by atoms with Crippen molar-refractivity contribution in [3.63, 3.8) is 0 Å². The minimum Gasteiger partial charge on any atom is -0.0730 e. The summed E-state index contributed by atoms with van der Waals surface area (Å²) in [5.41, 5.74) is 3.02. The third-order valence-corrected chi connectivity index (χ3v) is 1.57. The van der Waals surface area contributed by atoms with Gasteiger partial charge in [0.05, 0.1) is 0 Å². The summed E-state index contributed by atoms with van der Waals surface area (Å²) in [6.07, 6.45) is 6.95. The fourth-order valence-electron chi connectivity index (χ4n) is 0.846. The lowest BCUT2D eigenvalue weighted by atomic mass is 10.0. The second kappa shape index (κ2) is 2.17. The van der Waals surface area contributed by atoms with Crippen LogP contribution in [-0.2, 0) is 0 Å². The molecular formula is C8H14. The highest BCUT2D eigenvalue weighted by Crippen LogP contribution is 2.15. The van der Waals surface area contributed by atoms with Crippen molar-refractivity contribution in [1.29, 1.82) is 0 Å². The zero-order valence-electron chi connectivity index (χ0n) is 5.57. The molecule has 0 bridgehead atoms. The first-order valence-electron chi connectivity index (χ1n) is 3.12. The minimum absolute atomic E-state index is 0. The molecule has 46 valence electrons. The van der Waals surface area contributed by atoms with Crippen LogP contribution in [0.1, 0.15) is 28.1 Å². The molecule has 0 aromatic heterocycles. The van der Waals surface area contributed by atoms with E-state index in [4.69, 9.17) is 0 Å². The van der Waals surface area contributed by atoms with Gasteiger partial charge < -0.3 is 0 Å². The Labute approximate surface area is 52.4 Å². The second-order valence-corrected chi connectivity index (χ2v) is 2.53. The zero-order valence-corrected chi connectivity index (χ0v) is 5.57. The monoisotopic (exact) mass is 110 g/mol. The van der Waals surface area contributed by atoms with Gasteiger partial charge in [-0.3, -0.25) is 0 Å². The molecule has 0 saturated carbocycles. The zero-order chi connectivity index (χ0) is 5.98. The summed E-state index contributed by atoms with van der Waals surface area (Å²) in [7, 11) is 0. The standard InChI is InChI=1S/C8H12.H2/c1-7-3-5-8(2)6-4-7;/h3,5H,4,6H2,1-2H3;1H. The van der Waals surface area contributed by atoms with Crippen molar-refractivity contribution < 1.29 is 1.43 Å². The van der Waals surface area contributed by atoms with Crippen LogP contribution in [-0.4, -0.2) is 0 Å². The van der Waals surface area contributed by atoms with Gasteiger partial charge in [0, 0.05) is 1.43 Å². The lowest BCUT2D eigenvalue weighted by molar-refractivity contribution is 0.906. The van der Waals surface area contributed by atoms with Gasteiger partial charge >= 0.3 is 0 Å². The van der Waals surface area contributed by atoms with Crippen LogP contribution in [0.2, 0.25) is 0 Å². The molecule has 0 aliphatic heterocycles. The molecule has 0 aromatic carbocycles. The molecule has 1 rings (SSSR count). The van der Waals surface area contributed by atoms with E-state index in [0.29, 0.717) is 0 Å². The van der Waals surface area contributed by atoms with Crippen molar-refractivity contribution in [2.45, 2.75) is 26.7 Å². The smallest absolute Gasteiger partial charge is 0 e. The van der Waals surface area contributed by atoms with Crippen LogP contribution in [0.3, 0.4) is 0 Å². The van der Waals surface area contributed by atoms with Crippen molar-refractivity contribution in [2.24, 2.45) is 0 Å². The molecule has 0 unspecified atom stereocenters. The first-order chi connectivity index (χ1) is 3.79. The van der Waals surface area contributed by atoms with Crippen molar-refractivity contribution in [2.75, 3.05) is 0 Å². The lowest BCUT2D eigenvalue weighted by Gasteiger charge is -2.05. The average Bonchev–Trinajstić information content (AvgIpc) is 1.77. The number of allylic oxidation sites excluding steroid dienone is 4. The van der Waals surface area contributed by atoms with Gasteiger partial charge in [0.25, 0.3) is 0 Å². The van der Waals surface area contributed by atoms with Crippen molar-refractivity contribution in [1.82, 2.24) is 0 Å². The van der Waals surface area contributed by atoms with E-state index < -0.39 is 0 Å². The first-order valence-corrected chi connectivity index (χ1v) is 3.12. The second-order valence-electron chi connectivity index (χ2n) is 2.53. The van der Waals surface area contributed by atoms with E-state index in [1.165, 1.54) is 24.0 Å². The molecular weight excluding hydrogens is 96.1 g/mol. The summed E-state index contributed by atoms with van der Waals surface area (Å²) in [6, 6.07) is 0. The van der Waals surface area contributed by atoms with Gasteiger partial charge in [-0.2, -0.15) is 0 Å². The Morgan fingerprint density at radius 3 is 1.75 bits per heavy atom. The Morgan fingerprint density at radius 2 is 1.50 bits per heavy atom. The third kappa shape index (κ3) is 1.22. The maximum atomic E-state index is 2.21. The van der Waals surface area contributed by atoms with Gasteiger partial charge in [-0.1, -0.05) is 23.3 Å². The van der Waals surface area contributed by atoms with E-state index in [1.807, 2.05) is 0 Å². The van der Waals surface area contributed by atoms with E-state index in [-0.39, 0.29) is 1.43 Å². The van der Waals surface area contributed by atoms with Crippen LogP contribution >= 0.6 is 0 Å². The molecule has 1 aliphatic rings. The lowest BCUT2D eigenvalue weighted by Crippen LogP contribution is -1.85. The highest BCUT2D eigenvalue weighted by Gasteiger charge is 1.95. The van der Waals surface area contributed by atoms with Gasteiger partial charge in [-0.05, 0) is 26.7 Å². The van der Waals surface area contributed by atoms with Crippen LogP contribution in [0, 0.1) is 0 Å². The van der Waals surface area contributed by atoms with Crippen LogP contribution < -0.4 is 0 Å². The summed E-state index contributed by atoms with van der Waals surface area (Å²) in [5, 5.41) is 0. The molecule has 0 atom stereocenters. The molecule has 8 heavy (non-hydrogen) atoms. The molecule has 0 fully saturated rings. The van der Waals surface area contributed by atoms with E-state index in [2.05, 4.69) is 26.0 Å². The van der Waals surface area contributed by atoms with E-state index in [9.17, 15) is 0 Å².